The fourth-order valence-electron chi connectivity index (χ4n) is 2.72. The van der Waals surface area contributed by atoms with Crippen molar-refractivity contribution in [2.24, 2.45) is 5.92 Å². The highest BCUT2D eigenvalue weighted by molar-refractivity contribution is 5.18. The van der Waals surface area contributed by atoms with Crippen LogP contribution in [0.1, 0.15) is 43.7 Å². The summed E-state index contributed by atoms with van der Waals surface area (Å²) >= 11 is 0. The van der Waals surface area contributed by atoms with Gasteiger partial charge in [-0.2, -0.15) is 0 Å². The Bertz CT molecular complexity index is 306. The van der Waals surface area contributed by atoms with Crippen LogP contribution >= 0.6 is 0 Å². The number of hydrogen-bond donors (Lipinski definition) is 2. The lowest BCUT2D eigenvalue weighted by Crippen LogP contribution is -2.27. The summed E-state index contributed by atoms with van der Waals surface area (Å²) in [5, 5.41) is 12.8. The molecular formula is C15H23NO. The number of rotatable bonds is 6. The van der Waals surface area contributed by atoms with Crippen LogP contribution in [0.2, 0.25) is 0 Å². The van der Waals surface area contributed by atoms with Gasteiger partial charge in [-0.05, 0) is 37.3 Å². The van der Waals surface area contributed by atoms with Crippen molar-refractivity contribution in [2.75, 3.05) is 13.2 Å². The third kappa shape index (κ3) is 3.83. The Morgan fingerprint density at radius 2 is 1.88 bits per heavy atom. The van der Waals surface area contributed by atoms with Crippen molar-refractivity contribution in [1.29, 1.82) is 0 Å². The molecule has 0 unspecified atom stereocenters. The zero-order chi connectivity index (χ0) is 11.9. The Hall–Kier alpha value is -0.860. The summed E-state index contributed by atoms with van der Waals surface area (Å²) < 4.78 is 0. The fraction of sp³-hybridized carbons (Fsp3) is 0.600. The maximum Gasteiger partial charge on any atom is 0.0449 e. The zero-order valence-corrected chi connectivity index (χ0v) is 10.4. The van der Waals surface area contributed by atoms with Gasteiger partial charge in [0.05, 0.1) is 0 Å². The Kier molecular flexibility index (Phi) is 5.02. The summed E-state index contributed by atoms with van der Waals surface area (Å²) in [5.41, 5.74) is 1.29. The molecular weight excluding hydrogens is 210 g/mol. The molecule has 1 saturated carbocycles. The molecule has 2 nitrogen and oxygen atoms in total. The summed E-state index contributed by atoms with van der Waals surface area (Å²) in [4.78, 5) is 0. The molecule has 2 N–H and O–H groups in total. The predicted octanol–water partition coefficient (Wildman–Crippen LogP) is 2.89. The van der Waals surface area contributed by atoms with Gasteiger partial charge in [-0.25, -0.2) is 0 Å². The Balaban J connectivity index is 1.88. The summed E-state index contributed by atoms with van der Waals surface area (Å²) in [6.45, 7) is 1.34. The van der Waals surface area contributed by atoms with Crippen molar-refractivity contribution < 1.29 is 5.11 Å². The molecule has 0 aromatic heterocycles. The van der Waals surface area contributed by atoms with Crippen molar-refractivity contribution in [3.05, 3.63) is 35.9 Å². The molecule has 0 bridgehead atoms. The van der Waals surface area contributed by atoms with Gasteiger partial charge in [0, 0.05) is 12.6 Å². The highest BCUT2D eigenvalue weighted by atomic mass is 16.3. The van der Waals surface area contributed by atoms with E-state index in [1.54, 1.807) is 0 Å². The van der Waals surface area contributed by atoms with Crippen LogP contribution in [0.4, 0.5) is 0 Å². The molecule has 0 aliphatic heterocycles. The molecule has 1 atom stereocenters. The van der Waals surface area contributed by atoms with Crippen LogP contribution in [-0.2, 0) is 0 Å². The van der Waals surface area contributed by atoms with Crippen LogP contribution < -0.4 is 5.32 Å². The number of nitrogens with one attached hydrogen (secondary N) is 1. The van der Waals surface area contributed by atoms with Crippen molar-refractivity contribution in [3.63, 3.8) is 0 Å². The minimum Gasteiger partial charge on any atom is -0.396 e. The van der Waals surface area contributed by atoms with Gasteiger partial charge in [0.2, 0.25) is 0 Å². The molecule has 1 aliphatic rings. The van der Waals surface area contributed by atoms with E-state index >= 15 is 0 Å². The largest absolute Gasteiger partial charge is 0.396 e. The van der Waals surface area contributed by atoms with E-state index in [-0.39, 0.29) is 6.61 Å². The summed E-state index contributed by atoms with van der Waals surface area (Å²) in [6.07, 6.45) is 6.32. The second-order valence-electron chi connectivity index (χ2n) is 5.03. The predicted molar refractivity (Wildman–Crippen MR) is 70.8 cm³/mol. The minimum atomic E-state index is 0.247. The molecule has 94 valence electrons. The topological polar surface area (TPSA) is 32.3 Å². The molecule has 0 radical (unpaired) electrons. The first-order valence-corrected chi connectivity index (χ1v) is 6.79. The summed E-state index contributed by atoms with van der Waals surface area (Å²) in [6, 6.07) is 10.8. The standard InChI is InChI=1S/C15H23NO/c17-11-10-15(14-8-2-1-3-9-14)16-12-13-6-4-5-7-13/h1-3,8-9,13,15-17H,4-7,10-12H2/t15-/m1/s1. The van der Waals surface area contributed by atoms with Crippen molar-refractivity contribution in [2.45, 2.75) is 38.1 Å². The number of aliphatic hydroxyl groups excluding tert-OH is 1. The second-order valence-corrected chi connectivity index (χ2v) is 5.03. The van der Waals surface area contributed by atoms with Gasteiger partial charge in [0.15, 0.2) is 0 Å². The number of hydrogen-bond acceptors (Lipinski definition) is 2. The quantitative estimate of drug-likeness (QED) is 0.792. The highest BCUT2D eigenvalue weighted by Gasteiger charge is 2.17. The smallest absolute Gasteiger partial charge is 0.0449 e. The second kappa shape index (κ2) is 6.77. The van der Waals surface area contributed by atoms with Gasteiger partial charge >= 0.3 is 0 Å². The molecule has 0 amide bonds. The fourth-order valence-corrected chi connectivity index (χ4v) is 2.72. The van der Waals surface area contributed by atoms with Gasteiger partial charge in [0.1, 0.15) is 0 Å². The number of aliphatic hydroxyl groups is 1. The monoisotopic (exact) mass is 233 g/mol. The van der Waals surface area contributed by atoms with Crippen LogP contribution in [0.15, 0.2) is 30.3 Å². The molecule has 1 fully saturated rings. The molecule has 2 rings (SSSR count). The van der Waals surface area contributed by atoms with Gasteiger partial charge < -0.3 is 10.4 Å². The zero-order valence-electron chi connectivity index (χ0n) is 10.4. The summed E-state index contributed by atoms with van der Waals surface area (Å²) in [5.74, 6) is 0.847. The van der Waals surface area contributed by atoms with Gasteiger partial charge in [-0.1, -0.05) is 43.2 Å². The molecule has 2 heteroatoms. The van der Waals surface area contributed by atoms with Crippen LogP contribution in [-0.4, -0.2) is 18.3 Å². The third-order valence-corrected chi connectivity index (χ3v) is 3.75. The van der Waals surface area contributed by atoms with E-state index in [9.17, 15) is 0 Å². The van der Waals surface area contributed by atoms with Crippen molar-refractivity contribution in [3.8, 4) is 0 Å². The van der Waals surface area contributed by atoms with Gasteiger partial charge in [-0.3, -0.25) is 0 Å². The van der Waals surface area contributed by atoms with Gasteiger partial charge in [0.25, 0.3) is 0 Å². The molecule has 0 heterocycles. The Morgan fingerprint density at radius 3 is 2.53 bits per heavy atom. The first-order chi connectivity index (χ1) is 8.40. The molecule has 17 heavy (non-hydrogen) atoms. The molecule has 1 aromatic carbocycles. The maximum atomic E-state index is 9.15. The SMILES string of the molecule is OCC[C@@H](NCC1CCCC1)c1ccccc1. The molecule has 1 aliphatic carbocycles. The Labute approximate surface area is 104 Å². The normalized spacial score (nSPS) is 18.4. The van der Waals surface area contributed by atoms with E-state index in [4.69, 9.17) is 5.11 Å². The average molecular weight is 233 g/mol. The Morgan fingerprint density at radius 1 is 1.18 bits per heavy atom. The van der Waals surface area contributed by atoms with E-state index in [1.165, 1.54) is 31.2 Å². The maximum absolute atomic E-state index is 9.15. The first-order valence-electron chi connectivity index (χ1n) is 6.79. The molecule has 0 spiro atoms. The van der Waals surface area contributed by atoms with Crippen LogP contribution in [0.5, 0.6) is 0 Å². The van der Waals surface area contributed by atoms with E-state index in [0.717, 1.165) is 18.9 Å². The van der Waals surface area contributed by atoms with E-state index in [0.29, 0.717) is 6.04 Å². The van der Waals surface area contributed by atoms with E-state index in [1.807, 2.05) is 6.07 Å². The lowest BCUT2D eigenvalue weighted by atomic mass is 10.0. The lowest BCUT2D eigenvalue weighted by molar-refractivity contribution is 0.262. The van der Waals surface area contributed by atoms with Crippen molar-refractivity contribution in [1.82, 2.24) is 5.32 Å². The average Bonchev–Trinajstić information content (AvgIpc) is 2.88. The van der Waals surface area contributed by atoms with Gasteiger partial charge in [-0.15, -0.1) is 0 Å². The van der Waals surface area contributed by atoms with E-state index < -0.39 is 0 Å². The van der Waals surface area contributed by atoms with Crippen molar-refractivity contribution >= 4 is 0 Å². The van der Waals surface area contributed by atoms with E-state index in [2.05, 4.69) is 29.6 Å². The molecule has 1 aromatic rings. The van der Waals surface area contributed by atoms with Crippen LogP contribution in [0, 0.1) is 5.92 Å². The lowest BCUT2D eigenvalue weighted by Gasteiger charge is -2.20. The first kappa shape index (κ1) is 12.6. The van der Waals surface area contributed by atoms with Crippen LogP contribution in [0.3, 0.4) is 0 Å². The summed E-state index contributed by atoms with van der Waals surface area (Å²) in [7, 11) is 0. The van der Waals surface area contributed by atoms with Crippen LogP contribution in [0.25, 0.3) is 0 Å². The molecule has 0 saturated heterocycles. The third-order valence-electron chi connectivity index (χ3n) is 3.75. The highest BCUT2D eigenvalue weighted by Crippen LogP contribution is 2.25. The minimum absolute atomic E-state index is 0.247. The number of benzene rings is 1.